The molecule has 1 aromatic carbocycles. The van der Waals surface area contributed by atoms with Crippen LogP contribution in [0.2, 0.25) is 0 Å². The minimum Gasteiger partial charge on any atom is -0.398 e. The summed E-state index contributed by atoms with van der Waals surface area (Å²) in [6.45, 7) is 2.38. The van der Waals surface area contributed by atoms with Gasteiger partial charge in [0.2, 0.25) is 4.96 Å². The maximum Gasteiger partial charge on any atom is 0.235 e. The second-order valence-electron chi connectivity index (χ2n) is 4.17. The molecule has 3 aromatic rings. The molecule has 7 heteroatoms. The quantitative estimate of drug-likeness (QED) is 0.738. The first-order valence-electron chi connectivity index (χ1n) is 5.76. The molecule has 0 saturated heterocycles. The summed E-state index contributed by atoms with van der Waals surface area (Å²) in [6.07, 6.45) is 0. The molecule has 0 saturated carbocycles. The number of nitrogen functional groups attached to an aromatic ring is 1. The molecule has 19 heavy (non-hydrogen) atoms. The lowest BCUT2D eigenvalue weighted by Gasteiger charge is -2.04. The van der Waals surface area contributed by atoms with Gasteiger partial charge in [0, 0.05) is 18.4 Å². The van der Waals surface area contributed by atoms with Gasteiger partial charge in [0.05, 0.1) is 0 Å². The largest absolute Gasteiger partial charge is 0.398 e. The molecule has 0 aliphatic carbocycles. The number of methoxy groups -OCH3 is 1. The Labute approximate surface area is 113 Å². The monoisotopic (exact) mass is 275 g/mol. The van der Waals surface area contributed by atoms with Gasteiger partial charge in [0.25, 0.3) is 0 Å². The van der Waals surface area contributed by atoms with Crippen molar-refractivity contribution in [1.29, 1.82) is 0 Å². The normalized spacial score (nSPS) is 11.3. The lowest BCUT2D eigenvalue weighted by atomic mass is 10.1. The van der Waals surface area contributed by atoms with Crippen LogP contribution in [0.1, 0.15) is 11.4 Å². The highest BCUT2D eigenvalue weighted by Gasteiger charge is 2.14. The highest BCUT2D eigenvalue weighted by atomic mass is 32.1. The minimum absolute atomic E-state index is 0.389. The van der Waals surface area contributed by atoms with E-state index in [-0.39, 0.29) is 0 Å². The zero-order chi connectivity index (χ0) is 13.4. The molecule has 0 unspecified atom stereocenters. The summed E-state index contributed by atoms with van der Waals surface area (Å²) in [4.78, 5) is 0.754. The van der Waals surface area contributed by atoms with Crippen LogP contribution in [0.5, 0.6) is 0 Å². The number of hydrogen-bond acceptors (Lipinski definition) is 6. The van der Waals surface area contributed by atoms with Crippen LogP contribution in [0.15, 0.2) is 18.2 Å². The molecule has 0 spiro atoms. The zero-order valence-electron chi connectivity index (χ0n) is 10.6. The van der Waals surface area contributed by atoms with E-state index in [1.165, 1.54) is 11.3 Å². The third-order valence-electron chi connectivity index (χ3n) is 2.93. The van der Waals surface area contributed by atoms with Crippen molar-refractivity contribution >= 4 is 22.0 Å². The molecule has 0 amide bonds. The Morgan fingerprint density at radius 2 is 2.21 bits per heavy atom. The summed E-state index contributed by atoms with van der Waals surface area (Å²) < 4.78 is 6.79. The Morgan fingerprint density at radius 3 is 3.00 bits per heavy atom. The predicted molar refractivity (Wildman–Crippen MR) is 74.0 cm³/mol. The summed E-state index contributed by atoms with van der Waals surface area (Å²) in [5.41, 5.74) is 8.75. The molecular formula is C12H13N5OS. The SMILES string of the molecule is COCc1nnc2sc(-c3cccc(N)c3C)nn12. The van der Waals surface area contributed by atoms with Gasteiger partial charge in [-0.25, -0.2) is 0 Å². The molecule has 2 aromatic heterocycles. The van der Waals surface area contributed by atoms with E-state index in [2.05, 4.69) is 15.3 Å². The van der Waals surface area contributed by atoms with Gasteiger partial charge >= 0.3 is 0 Å². The molecule has 2 heterocycles. The van der Waals surface area contributed by atoms with Gasteiger partial charge in [0.15, 0.2) is 5.82 Å². The molecule has 0 fully saturated rings. The van der Waals surface area contributed by atoms with Crippen molar-refractivity contribution < 1.29 is 4.74 Å². The predicted octanol–water partition coefficient (Wildman–Crippen LogP) is 1.89. The van der Waals surface area contributed by atoms with Gasteiger partial charge in [-0.2, -0.15) is 9.61 Å². The second kappa shape index (κ2) is 4.60. The lowest BCUT2D eigenvalue weighted by molar-refractivity contribution is 0.176. The van der Waals surface area contributed by atoms with Gasteiger partial charge in [-0.3, -0.25) is 0 Å². The number of nitrogens with two attached hydrogens (primary N) is 1. The van der Waals surface area contributed by atoms with Gasteiger partial charge in [0.1, 0.15) is 11.6 Å². The first-order chi connectivity index (χ1) is 9.20. The molecule has 98 valence electrons. The van der Waals surface area contributed by atoms with Gasteiger partial charge in [-0.1, -0.05) is 23.5 Å². The number of ether oxygens (including phenoxy) is 1. The fourth-order valence-electron chi connectivity index (χ4n) is 1.87. The van der Waals surface area contributed by atoms with E-state index in [1.807, 2.05) is 25.1 Å². The maximum absolute atomic E-state index is 5.93. The van der Waals surface area contributed by atoms with Crippen molar-refractivity contribution in [2.45, 2.75) is 13.5 Å². The Hall–Kier alpha value is -1.99. The van der Waals surface area contributed by atoms with Crippen molar-refractivity contribution in [3.8, 4) is 10.6 Å². The van der Waals surface area contributed by atoms with Crippen LogP contribution in [0.3, 0.4) is 0 Å². The number of hydrogen-bond donors (Lipinski definition) is 1. The topological polar surface area (TPSA) is 78.3 Å². The van der Waals surface area contributed by atoms with Crippen LogP contribution >= 0.6 is 11.3 Å². The smallest absolute Gasteiger partial charge is 0.235 e. The van der Waals surface area contributed by atoms with E-state index < -0.39 is 0 Å². The van der Waals surface area contributed by atoms with Crippen LogP contribution in [0.4, 0.5) is 5.69 Å². The Kier molecular flexibility index (Phi) is 2.92. The average molecular weight is 275 g/mol. The number of rotatable bonds is 3. The standard InChI is InChI=1S/C12H13N5OS/c1-7-8(4-3-5-9(7)13)11-16-17-10(6-18-2)14-15-12(17)19-11/h3-5H,6,13H2,1-2H3. The zero-order valence-corrected chi connectivity index (χ0v) is 11.4. The highest BCUT2D eigenvalue weighted by molar-refractivity contribution is 7.19. The molecular weight excluding hydrogens is 262 g/mol. The molecule has 6 nitrogen and oxygen atoms in total. The molecule has 0 radical (unpaired) electrons. The van der Waals surface area contributed by atoms with Gasteiger partial charge in [-0.15, -0.1) is 10.2 Å². The van der Waals surface area contributed by atoms with E-state index in [9.17, 15) is 0 Å². The van der Waals surface area contributed by atoms with E-state index in [1.54, 1.807) is 11.6 Å². The number of fused-ring (bicyclic) bond motifs is 1. The highest BCUT2D eigenvalue weighted by Crippen LogP contribution is 2.30. The molecule has 0 atom stereocenters. The Balaban J connectivity index is 2.13. The second-order valence-corrected chi connectivity index (χ2v) is 5.13. The lowest BCUT2D eigenvalue weighted by Crippen LogP contribution is -1.98. The average Bonchev–Trinajstić information content (AvgIpc) is 2.95. The van der Waals surface area contributed by atoms with Crippen LogP contribution < -0.4 is 5.73 Å². The van der Waals surface area contributed by atoms with E-state index in [4.69, 9.17) is 10.5 Å². The fourth-order valence-corrected chi connectivity index (χ4v) is 2.81. The first kappa shape index (κ1) is 12.1. The first-order valence-corrected chi connectivity index (χ1v) is 6.58. The molecule has 2 N–H and O–H groups in total. The minimum atomic E-state index is 0.389. The summed E-state index contributed by atoms with van der Waals surface area (Å²) in [7, 11) is 1.62. The molecule has 0 aliphatic heterocycles. The summed E-state index contributed by atoms with van der Waals surface area (Å²) in [6, 6.07) is 5.82. The summed E-state index contributed by atoms with van der Waals surface area (Å²) in [5.74, 6) is 0.696. The third kappa shape index (κ3) is 1.96. The Morgan fingerprint density at radius 1 is 1.37 bits per heavy atom. The van der Waals surface area contributed by atoms with Gasteiger partial charge in [-0.05, 0) is 18.6 Å². The summed E-state index contributed by atoms with van der Waals surface area (Å²) >= 11 is 1.49. The van der Waals surface area contributed by atoms with E-state index >= 15 is 0 Å². The molecule has 0 bridgehead atoms. The molecule has 0 aliphatic rings. The number of aromatic nitrogens is 4. The third-order valence-corrected chi connectivity index (χ3v) is 3.87. The van der Waals surface area contributed by atoms with Gasteiger partial charge < -0.3 is 10.5 Å². The fraction of sp³-hybridized carbons (Fsp3) is 0.250. The van der Waals surface area contributed by atoms with Crippen molar-refractivity contribution in [2.24, 2.45) is 0 Å². The van der Waals surface area contributed by atoms with Crippen LogP contribution in [0.25, 0.3) is 15.5 Å². The van der Waals surface area contributed by atoms with Crippen molar-refractivity contribution in [3.63, 3.8) is 0 Å². The number of anilines is 1. The van der Waals surface area contributed by atoms with Crippen LogP contribution in [-0.4, -0.2) is 26.9 Å². The van der Waals surface area contributed by atoms with Crippen LogP contribution in [0, 0.1) is 6.92 Å². The maximum atomic E-state index is 5.93. The Bertz CT molecular complexity index is 733. The molecule has 3 rings (SSSR count). The summed E-state index contributed by atoms with van der Waals surface area (Å²) in [5, 5.41) is 13.5. The van der Waals surface area contributed by atoms with Crippen molar-refractivity contribution in [2.75, 3.05) is 12.8 Å². The van der Waals surface area contributed by atoms with E-state index in [0.29, 0.717) is 12.4 Å². The number of benzene rings is 1. The van der Waals surface area contributed by atoms with E-state index in [0.717, 1.165) is 26.8 Å². The number of nitrogens with zero attached hydrogens (tertiary/aromatic N) is 4. The van der Waals surface area contributed by atoms with Crippen LogP contribution in [-0.2, 0) is 11.3 Å². The van der Waals surface area contributed by atoms with Crippen molar-refractivity contribution in [3.05, 3.63) is 29.6 Å². The van der Waals surface area contributed by atoms with Crippen molar-refractivity contribution in [1.82, 2.24) is 19.8 Å².